The Bertz CT molecular complexity index is 308. The summed E-state index contributed by atoms with van der Waals surface area (Å²) in [7, 11) is 0. The van der Waals surface area contributed by atoms with Crippen LogP contribution in [0.15, 0.2) is 24.8 Å². The number of hydrogen-bond acceptors (Lipinski definition) is 0. The third kappa shape index (κ3) is 5.75. The second-order valence-corrected chi connectivity index (χ2v) is 4.70. The molecule has 0 heterocycles. The van der Waals surface area contributed by atoms with Gasteiger partial charge in [-0.15, -0.1) is 0 Å². The van der Waals surface area contributed by atoms with E-state index < -0.39 is 0 Å². The maximum Gasteiger partial charge on any atom is -0.0233 e. The molecule has 16 heavy (non-hydrogen) atoms. The van der Waals surface area contributed by atoms with Crippen LogP contribution in [0.5, 0.6) is 0 Å². The second kappa shape index (κ2) is 8.15. The van der Waals surface area contributed by atoms with Crippen molar-refractivity contribution >= 4 is 6.08 Å². The van der Waals surface area contributed by atoms with Crippen LogP contribution in [-0.4, -0.2) is 0 Å². The minimum absolute atomic E-state index is 0.731. The zero-order valence-electron chi connectivity index (χ0n) is 11.5. The average molecular weight is 218 g/mol. The third-order valence-electron chi connectivity index (χ3n) is 2.20. The molecule has 0 bridgehead atoms. The van der Waals surface area contributed by atoms with Gasteiger partial charge in [-0.3, -0.25) is 0 Å². The largest absolute Gasteiger partial charge is 0.0985 e. The zero-order valence-corrected chi connectivity index (χ0v) is 11.5. The summed E-state index contributed by atoms with van der Waals surface area (Å²) >= 11 is 0. The first-order chi connectivity index (χ1) is 7.54. The Morgan fingerprint density at radius 2 is 1.81 bits per heavy atom. The second-order valence-electron chi connectivity index (χ2n) is 4.70. The van der Waals surface area contributed by atoms with Gasteiger partial charge in [-0.2, -0.15) is 0 Å². The molecule has 0 aromatic heterocycles. The van der Waals surface area contributed by atoms with E-state index in [4.69, 9.17) is 0 Å². The Labute approximate surface area is 101 Å². The summed E-state index contributed by atoms with van der Waals surface area (Å²) in [5.74, 6) is 0.731. The molecule has 0 radical (unpaired) electrons. The predicted octanol–water partition coefficient (Wildman–Crippen LogP) is 5.25. The molecule has 0 fully saturated rings. The summed E-state index contributed by atoms with van der Waals surface area (Å²) in [6.07, 6.45) is 4.33. The first-order valence-electron chi connectivity index (χ1n) is 6.27. The molecular weight excluding hydrogens is 192 g/mol. The van der Waals surface area contributed by atoms with Gasteiger partial charge in [0.1, 0.15) is 0 Å². The molecule has 0 nitrogen and oxygen atoms in total. The molecule has 0 spiro atoms. The van der Waals surface area contributed by atoms with Crippen molar-refractivity contribution in [2.45, 2.75) is 47.5 Å². The maximum absolute atomic E-state index is 3.78. The Balaban J connectivity index is 0.000000673. The van der Waals surface area contributed by atoms with Crippen LogP contribution in [0.3, 0.4) is 0 Å². The Hall–Kier alpha value is -1.04. The summed E-state index contributed by atoms with van der Waals surface area (Å²) in [5.41, 5.74) is 4.00. The fourth-order valence-corrected chi connectivity index (χ4v) is 1.57. The molecular formula is C16H26. The number of benzene rings is 1. The quantitative estimate of drug-likeness (QED) is 0.649. The van der Waals surface area contributed by atoms with Crippen molar-refractivity contribution in [1.82, 2.24) is 0 Å². The van der Waals surface area contributed by atoms with Crippen LogP contribution >= 0.6 is 0 Å². The molecule has 1 aromatic carbocycles. The lowest BCUT2D eigenvalue weighted by Gasteiger charge is -2.07. The standard InChI is InChI=1S/C13H18.C3H8/c1-5-13-7-6-12(8-10(2)3)9-11(13)4;1-3-2/h5-7,9-10H,1,8H2,2-4H3;3H2,1-2H3. The Morgan fingerprint density at radius 1 is 1.25 bits per heavy atom. The molecule has 0 saturated heterocycles. The molecule has 0 aliphatic carbocycles. The Morgan fingerprint density at radius 3 is 2.19 bits per heavy atom. The van der Waals surface area contributed by atoms with Crippen LogP contribution in [-0.2, 0) is 6.42 Å². The average Bonchev–Trinajstić information content (AvgIpc) is 2.18. The van der Waals surface area contributed by atoms with Gasteiger partial charge in [0.25, 0.3) is 0 Å². The molecule has 0 unspecified atom stereocenters. The van der Waals surface area contributed by atoms with Gasteiger partial charge in [0.15, 0.2) is 0 Å². The molecule has 0 amide bonds. The molecule has 0 atom stereocenters. The van der Waals surface area contributed by atoms with E-state index in [1.807, 2.05) is 6.08 Å². The molecule has 0 N–H and O–H groups in total. The number of aryl methyl sites for hydroxylation is 1. The van der Waals surface area contributed by atoms with Crippen molar-refractivity contribution in [3.05, 3.63) is 41.5 Å². The van der Waals surface area contributed by atoms with E-state index in [0.29, 0.717) is 0 Å². The molecule has 0 aliphatic heterocycles. The van der Waals surface area contributed by atoms with Crippen molar-refractivity contribution in [1.29, 1.82) is 0 Å². The summed E-state index contributed by atoms with van der Waals surface area (Å²) < 4.78 is 0. The lowest BCUT2D eigenvalue weighted by atomic mass is 9.98. The molecule has 1 rings (SSSR count). The normalized spacial score (nSPS) is 9.62. The molecule has 0 heteroatoms. The number of hydrogen-bond donors (Lipinski definition) is 0. The van der Waals surface area contributed by atoms with Crippen molar-refractivity contribution in [2.75, 3.05) is 0 Å². The van der Waals surface area contributed by atoms with Crippen LogP contribution in [0, 0.1) is 12.8 Å². The summed E-state index contributed by atoms with van der Waals surface area (Å²) in [6.45, 7) is 14.7. The summed E-state index contributed by atoms with van der Waals surface area (Å²) in [4.78, 5) is 0. The van der Waals surface area contributed by atoms with Crippen LogP contribution in [0.2, 0.25) is 0 Å². The lowest BCUT2D eigenvalue weighted by Crippen LogP contribution is -1.94. The van der Waals surface area contributed by atoms with Gasteiger partial charge in [0.2, 0.25) is 0 Å². The first-order valence-corrected chi connectivity index (χ1v) is 6.27. The highest BCUT2D eigenvalue weighted by Gasteiger charge is 1.99. The minimum Gasteiger partial charge on any atom is -0.0985 e. The highest BCUT2D eigenvalue weighted by Crippen LogP contribution is 2.14. The topological polar surface area (TPSA) is 0 Å². The summed E-state index contributed by atoms with van der Waals surface area (Å²) in [6, 6.07) is 6.61. The fraction of sp³-hybridized carbons (Fsp3) is 0.500. The van der Waals surface area contributed by atoms with E-state index >= 15 is 0 Å². The fourth-order valence-electron chi connectivity index (χ4n) is 1.57. The highest BCUT2D eigenvalue weighted by atomic mass is 14.0. The van der Waals surface area contributed by atoms with Crippen molar-refractivity contribution in [3.63, 3.8) is 0 Å². The molecule has 90 valence electrons. The molecule has 0 saturated carbocycles. The third-order valence-corrected chi connectivity index (χ3v) is 2.20. The van der Waals surface area contributed by atoms with Crippen LogP contribution in [0.1, 0.15) is 50.8 Å². The van der Waals surface area contributed by atoms with Crippen LogP contribution < -0.4 is 0 Å². The van der Waals surface area contributed by atoms with E-state index in [1.165, 1.54) is 23.1 Å². The number of rotatable bonds is 3. The van der Waals surface area contributed by atoms with Gasteiger partial charge in [0.05, 0.1) is 0 Å². The smallest absolute Gasteiger partial charge is 0.0233 e. The van der Waals surface area contributed by atoms with E-state index in [9.17, 15) is 0 Å². The van der Waals surface area contributed by atoms with Gasteiger partial charge in [0, 0.05) is 0 Å². The van der Waals surface area contributed by atoms with Gasteiger partial charge < -0.3 is 0 Å². The van der Waals surface area contributed by atoms with E-state index in [2.05, 4.69) is 59.4 Å². The summed E-state index contributed by atoms with van der Waals surface area (Å²) in [5, 5.41) is 0. The van der Waals surface area contributed by atoms with Crippen LogP contribution in [0.4, 0.5) is 0 Å². The predicted molar refractivity (Wildman–Crippen MR) is 75.8 cm³/mol. The highest BCUT2D eigenvalue weighted by molar-refractivity contribution is 5.52. The van der Waals surface area contributed by atoms with E-state index in [1.54, 1.807) is 0 Å². The van der Waals surface area contributed by atoms with E-state index in [-0.39, 0.29) is 0 Å². The van der Waals surface area contributed by atoms with E-state index in [0.717, 1.165) is 12.3 Å². The van der Waals surface area contributed by atoms with Crippen LogP contribution in [0.25, 0.3) is 6.08 Å². The lowest BCUT2D eigenvalue weighted by molar-refractivity contribution is 0.647. The van der Waals surface area contributed by atoms with Crippen molar-refractivity contribution < 1.29 is 0 Å². The van der Waals surface area contributed by atoms with Crippen molar-refractivity contribution in [2.24, 2.45) is 5.92 Å². The Kier molecular flexibility index (Phi) is 7.62. The van der Waals surface area contributed by atoms with Gasteiger partial charge in [-0.05, 0) is 36.0 Å². The monoisotopic (exact) mass is 218 g/mol. The molecule has 0 aliphatic rings. The van der Waals surface area contributed by atoms with Gasteiger partial charge in [-0.1, -0.05) is 65.0 Å². The first kappa shape index (κ1) is 15.0. The van der Waals surface area contributed by atoms with Gasteiger partial charge in [-0.25, -0.2) is 0 Å². The minimum atomic E-state index is 0.731. The molecule has 1 aromatic rings. The van der Waals surface area contributed by atoms with Crippen molar-refractivity contribution in [3.8, 4) is 0 Å². The maximum atomic E-state index is 3.78. The SMILES string of the molecule is C=Cc1ccc(CC(C)C)cc1C.CCC. The zero-order chi connectivity index (χ0) is 12.6. The van der Waals surface area contributed by atoms with Gasteiger partial charge >= 0.3 is 0 Å².